The zero-order valence-corrected chi connectivity index (χ0v) is 17.3. The van der Waals surface area contributed by atoms with Gasteiger partial charge >= 0.3 is 0 Å². The molecule has 2 heterocycles. The summed E-state index contributed by atoms with van der Waals surface area (Å²) >= 11 is 0. The van der Waals surface area contributed by atoms with Crippen molar-refractivity contribution in [3.63, 3.8) is 0 Å². The van der Waals surface area contributed by atoms with Crippen LogP contribution in [0.15, 0.2) is 48.8 Å². The van der Waals surface area contributed by atoms with E-state index < -0.39 is 0 Å². The lowest BCUT2D eigenvalue weighted by atomic mass is 10.0. The number of carbonyl (C=O) groups excluding carboxylic acids is 1. The van der Waals surface area contributed by atoms with Gasteiger partial charge in [-0.2, -0.15) is 0 Å². The summed E-state index contributed by atoms with van der Waals surface area (Å²) in [7, 11) is 1.69. The van der Waals surface area contributed by atoms with Gasteiger partial charge in [0.2, 0.25) is 5.91 Å². The Hall–Kier alpha value is -2.27. The lowest BCUT2D eigenvalue weighted by Crippen LogP contribution is -2.46. The van der Waals surface area contributed by atoms with Crippen LogP contribution in [-0.2, 0) is 11.3 Å². The maximum Gasteiger partial charge on any atom is 0.243 e. The third-order valence-corrected chi connectivity index (χ3v) is 5.48. The third kappa shape index (κ3) is 5.61. The van der Waals surface area contributed by atoms with E-state index in [2.05, 4.69) is 36.2 Å². The van der Waals surface area contributed by atoms with Crippen molar-refractivity contribution >= 4 is 5.91 Å². The largest absolute Gasteiger partial charge is 0.497 e. The fraction of sp³-hybridized carbons (Fsp3) is 0.522. The number of piperidine rings is 1. The molecule has 1 saturated heterocycles. The summed E-state index contributed by atoms with van der Waals surface area (Å²) in [4.78, 5) is 15.4. The Morgan fingerprint density at radius 3 is 2.36 bits per heavy atom. The normalized spacial score (nSPS) is 16.9. The zero-order valence-electron chi connectivity index (χ0n) is 17.3. The fourth-order valence-electron chi connectivity index (χ4n) is 3.89. The molecule has 0 spiro atoms. The Kier molecular flexibility index (Phi) is 7.15. The van der Waals surface area contributed by atoms with Crippen LogP contribution in [0.5, 0.6) is 5.75 Å². The van der Waals surface area contributed by atoms with Crippen LogP contribution in [0.3, 0.4) is 0 Å². The fourth-order valence-corrected chi connectivity index (χ4v) is 3.89. The highest BCUT2D eigenvalue weighted by Gasteiger charge is 2.26. The molecule has 3 rings (SSSR count). The van der Waals surface area contributed by atoms with Crippen LogP contribution in [0.2, 0.25) is 0 Å². The van der Waals surface area contributed by atoms with E-state index in [1.54, 1.807) is 7.11 Å². The number of carbonyl (C=O) groups is 1. The van der Waals surface area contributed by atoms with Crippen molar-refractivity contribution in [1.82, 2.24) is 14.8 Å². The summed E-state index contributed by atoms with van der Waals surface area (Å²) in [6.07, 6.45) is 6.84. The quantitative estimate of drug-likeness (QED) is 0.753. The predicted molar refractivity (Wildman–Crippen MR) is 112 cm³/mol. The van der Waals surface area contributed by atoms with E-state index in [0.29, 0.717) is 5.92 Å². The number of benzene rings is 1. The molecule has 1 N–H and O–H groups in total. The molecule has 1 aromatic carbocycles. The molecule has 1 fully saturated rings. The number of hydrogen-bond acceptors (Lipinski definition) is 3. The first kappa shape index (κ1) is 20.5. The first-order valence-electron chi connectivity index (χ1n) is 10.3. The van der Waals surface area contributed by atoms with Gasteiger partial charge < -0.3 is 14.6 Å². The Bertz CT molecular complexity index is 717. The zero-order chi connectivity index (χ0) is 19.9. The van der Waals surface area contributed by atoms with Crippen LogP contribution in [0.4, 0.5) is 0 Å². The van der Waals surface area contributed by atoms with E-state index in [9.17, 15) is 4.79 Å². The first-order valence-corrected chi connectivity index (χ1v) is 10.3. The smallest absolute Gasteiger partial charge is 0.243 e. The molecule has 1 aromatic heterocycles. The summed E-state index contributed by atoms with van der Waals surface area (Å²) < 4.78 is 7.26. The minimum atomic E-state index is -0.118. The molecule has 152 valence electrons. The van der Waals surface area contributed by atoms with E-state index >= 15 is 0 Å². The van der Waals surface area contributed by atoms with Crippen LogP contribution in [0.1, 0.15) is 44.7 Å². The topological polar surface area (TPSA) is 46.5 Å². The lowest BCUT2D eigenvalue weighted by molar-refractivity contribution is -0.125. The van der Waals surface area contributed by atoms with E-state index in [4.69, 9.17) is 4.74 Å². The number of nitrogens with one attached hydrogen (secondary N) is 1. The number of rotatable bonds is 8. The molecule has 1 aliphatic rings. The summed E-state index contributed by atoms with van der Waals surface area (Å²) in [5.41, 5.74) is 1.30. The molecule has 1 amide bonds. The molecule has 0 radical (unpaired) electrons. The van der Waals surface area contributed by atoms with Crippen molar-refractivity contribution in [1.29, 1.82) is 0 Å². The summed E-state index contributed by atoms with van der Waals surface area (Å²) in [6, 6.07) is 12.4. The maximum absolute atomic E-state index is 12.9. The highest BCUT2D eigenvalue weighted by atomic mass is 16.5. The van der Waals surface area contributed by atoms with Gasteiger partial charge in [0.1, 0.15) is 11.8 Å². The average molecular weight is 384 g/mol. The maximum atomic E-state index is 12.9. The Labute approximate surface area is 168 Å². The SMILES string of the molecule is COc1ccc(CN2CCC(NC(=O)[C@@H](CC(C)C)n3cccc3)CC2)cc1. The van der Waals surface area contributed by atoms with E-state index in [1.165, 1.54) is 5.56 Å². The molecule has 5 heteroatoms. The second kappa shape index (κ2) is 9.78. The van der Waals surface area contributed by atoms with Crippen LogP contribution in [-0.4, -0.2) is 41.6 Å². The monoisotopic (exact) mass is 383 g/mol. The predicted octanol–water partition coefficient (Wildman–Crippen LogP) is 3.86. The van der Waals surface area contributed by atoms with Gasteiger partial charge in [0.25, 0.3) is 0 Å². The minimum absolute atomic E-state index is 0.118. The second-order valence-corrected chi connectivity index (χ2v) is 8.18. The van der Waals surface area contributed by atoms with Gasteiger partial charge in [-0.1, -0.05) is 26.0 Å². The third-order valence-electron chi connectivity index (χ3n) is 5.48. The Morgan fingerprint density at radius 2 is 1.79 bits per heavy atom. The van der Waals surface area contributed by atoms with E-state index in [1.807, 2.05) is 41.2 Å². The van der Waals surface area contributed by atoms with Crippen molar-refractivity contribution < 1.29 is 9.53 Å². The lowest BCUT2D eigenvalue weighted by Gasteiger charge is -2.33. The number of ether oxygens (including phenoxy) is 1. The number of amides is 1. The Balaban J connectivity index is 1.49. The molecule has 2 aromatic rings. The number of methoxy groups -OCH3 is 1. The van der Waals surface area contributed by atoms with Crippen molar-refractivity contribution in [2.75, 3.05) is 20.2 Å². The van der Waals surface area contributed by atoms with Crippen LogP contribution in [0, 0.1) is 5.92 Å². The summed E-state index contributed by atoms with van der Waals surface area (Å²) in [5, 5.41) is 3.31. The van der Waals surface area contributed by atoms with Crippen molar-refractivity contribution in [2.24, 2.45) is 5.92 Å². The molecule has 0 bridgehead atoms. The molecule has 0 aliphatic carbocycles. The van der Waals surface area contributed by atoms with Gasteiger partial charge in [-0.25, -0.2) is 0 Å². The highest BCUT2D eigenvalue weighted by molar-refractivity contribution is 5.80. The van der Waals surface area contributed by atoms with Gasteiger partial charge in [-0.15, -0.1) is 0 Å². The van der Waals surface area contributed by atoms with Crippen molar-refractivity contribution in [3.05, 3.63) is 54.4 Å². The minimum Gasteiger partial charge on any atom is -0.497 e. The van der Waals surface area contributed by atoms with Crippen LogP contribution < -0.4 is 10.1 Å². The van der Waals surface area contributed by atoms with Gasteiger partial charge in [-0.05, 0) is 55.0 Å². The van der Waals surface area contributed by atoms with E-state index in [-0.39, 0.29) is 18.0 Å². The van der Waals surface area contributed by atoms with Gasteiger partial charge in [0, 0.05) is 38.1 Å². The van der Waals surface area contributed by atoms with Gasteiger partial charge in [-0.3, -0.25) is 9.69 Å². The molecular formula is C23H33N3O2. The van der Waals surface area contributed by atoms with Gasteiger partial charge in [0.15, 0.2) is 0 Å². The van der Waals surface area contributed by atoms with Gasteiger partial charge in [0.05, 0.1) is 7.11 Å². The van der Waals surface area contributed by atoms with Crippen LogP contribution in [0.25, 0.3) is 0 Å². The highest BCUT2D eigenvalue weighted by Crippen LogP contribution is 2.20. The molecule has 5 nitrogen and oxygen atoms in total. The number of nitrogens with zero attached hydrogens (tertiary/aromatic N) is 2. The molecule has 1 atom stereocenters. The number of hydrogen-bond donors (Lipinski definition) is 1. The first-order chi connectivity index (χ1) is 13.5. The van der Waals surface area contributed by atoms with Crippen molar-refractivity contribution in [3.8, 4) is 5.75 Å². The standard InChI is InChI=1S/C23H33N3O2/c1-18(2)16-22(26-12-4-5-13-26)23(27)24-20-10-14-25(15-11-20)17-19-6-8-21(28-3)9-7-19/h4-9,12-13,18,20,22H,10-11,14-17H2,1-3H3,(H,24,27)/t22-/m1/s1. The molecule has 1 aliphatic heterocycles. The summed E-state index contributed by atoms with van der Waals surface area (Å²) in [6.45, 7) is 7.30. The number of aromatic nitrogens is 1. The van der Waals surface area contributed by atoms with Crippen molar-refractivity contribution in [2.45, 2.75) is 51.7 Å². The summed E-state index contributed by atoms with van der Waals surface area (Å²) in [5.74, 6) is 1.52. The second-order valence-electron chi connectivity index (χ2n) is 8.18. The molecule has 0 unspecified atom stereocenters. The molecule has 0 saturated carbocycles. The Morgan fingerprint density at radius 1 is 1.14 bits per heavy atom. The molecular weight excluding hydrogens is 350 g/mol. The average Bonchev–Trinajstić information content (AvgIpc) is 3.22. The van der Waals surface area contributed by atoms with E-state index in [0.717, 1.165) is 44.6 Å². The van der Waals surface area contributed by atoms with Crippen LogP contribution >= 0.6 is 0 Å². The molecule has 28 heavy (non-hydrogen) atoms. The number of likely N-dealkylation sites (tertiary alicyclic amines) is 1.